The molecular formula is C16H29NO4. The summed E-state index contributed by atoms with van der Waals surface area (Å²) in [6.45, 7) is 11.7. The minimum absolute atomic E-state index is 0.0709. The van der Waals surface area contributed by atoms with Crippen LogP contribution >= 0.6 is 0 Å². The third kappa shape index (κ3) is 4.33. The van der Waals surface area contributed by atoms with E-state index in [4.69, 9.17) is 14.2 Å². The molecular weight excluding hydrogens is 270 g/mol. The fraction of sp³-hybridized carbons (Fsp3) is 0.938. The molecule has 2 heterocycles. The molecule has 0 N–H and O–H groups in total. The smallest absolute Gasteiger partial charge is 0.412 e. The molecule has 0 spiro atoms. The lowest BCUT2D eigenvalue weighted by Gasteiger charge is -2.36. The van der Waals surface area contributed by atoms with Crippen LogP contribution in [0.25, 0.3) is 0 Å². The van der Waals surface area contributed by atoms with E-state index in [0.717, 1.165) is 26.1 Å². The van der Waals surface area contributed by atoms with Gasteiger partial charge in [0.25, 0.3) is 0 Å². The van der Waals surface area contributed by atoms with E-state index in [-0.39, 0.29) is 12.1 Å². The van der Waals surface area contributed by atoms with Crippen molar-refractivity contribution < 1.29 is 19.0 Å². The first-order valence-corrected chi connectivity index (χ1v) is 7.93. The minimum Gasteiger partial charge on any atom is -0.444 e. The second-order valence-electron chi connectivity index (χ2n) is 7.58. The summed E-state index contributed by atoms with van der Waals surface area (Å²) in [6.07, 6.45) is 2.90. The lowest BCUT2D eigenvalue weighted by molar-refractivity contribution is -0.0639. The van der Waals surface area contributed by atoms with E-state index in [1.165, 1.54) is 6.42 Å². The quantitative estimate of drug-likeness (QED) is 0.786. The molecule has 2 rings (SSSR count). The van der Waals surface area contributed by atoms with Crippen molar-refractivity contribution in [3.63, 3.8) is 0 Å². The number of ether oxygens (including phenoxy) is 3. The molecule has 2 aliphatic rings. The average Bonchev–Trinajstić information content (AvgIpc) is 2.63. The molecule has 0 aromatic heterocycles. The first kappa shape index (κ1) is 16.6. The van der Waals surface area contributed by atoms with Gasteiger partial charge < -0.3 is 14.2 Å². The Balaban J connectivity index is 2.03. The Morgan fingerprint density at radius 1 is 1.33 bits per heavy atom. The van der Waals surface area contributed by atoms with Gasteiger partial charge in [0.05, 0.1) is 12.6 Å². The van der Waals surface area contributed by atoms with Crippen LogP contribution in [0, 0.1) is 5.92 Å². The predicted molar refractivity (Wildman–Crippen MR) is 80.1 cm³/mol. The van der Waals surface area contributed by atoms with Crippen molar-refractivity contribution in [3.8, 4) is 0 Å². The third-order valence-electron chi connectivity index (χ3n) is 4.02. The highest BCUT2D eigenvalue weighted by molar-refractivity contribution is 5.69. The van der Waals surface area contributed by atoms with Gasteiger partial charge in [0.2, 0.25) is 0 Å². The molecule has 2 unspecified atom stereocenters. The van der Waals surface area contributed by atoms with Gasteiger partial charge in [-0.1, -0.05) is 0 Å². The van der Waals surface area contributed by atoms with Crippen molar-refractivity contribution in [1.82, 2.24) is 4.90 Å². The summed E-state index contributed by atoms with van der Waals surface area (Å²) in [6, 6.07) is 0.0709. The molecule has 0 aromatic carbocycles. The van der Waals surface area contributed by atoms with Gasteiger partial charge in [-0.15, -0.1) is 0 Å². The van der Waals surface area contributed by atoms with Gasteiger partial charge in [-0.3, -0.25) is 4.90 Å². The molecule has 21 heavy (non-hydrogen) atoms. The standard InChI is InChI=1S/C16H29NO4/c1-15(2,3)21-14(18)17-13(11-20-16(17,4)5)9-12-7-6-8-19-10-12/h12-13H,6-11H2,1-5H3. The van der Waals surface area contributed by atoms with Gasteiger partial charge in [-0.25, -0.2) is 4.79 Å². The van der Waals surface area contributed by atoms with E-state index in [1.807, 2.05) is 34.6 Å². The number of nitrogens with zero attached hydrogens (tertiary/aromatic N) is 1. The molecule has 2 aliphatic heterocycles. The molecule has 0 radical (unpaired) electrons. The minimum atomic E-state index is -0.609. The van der Waals surface area contributed by atoms with Crippen LogP contribution in [0.3, 0.4) is 0 Å². The van der Waals surface area contributed by atoms with Crippen LogP contribution in [-0.4, -0.2) is 48.2 Å². The SMILES string of the molecule is CC(C)(C)OC(=O)N1C(CC2CCCOC2)COC1(C)C. The third-order valence-corrected chi connectivity index (χ3v) is 4.02. The van der Waals surface area contributed by atoms with Crippen molar-refractivity contribution in [1.29, 1.82) is 0 Å². The van der Waals surface area contributed by atoms with Crippen LogP contribution in [0.1, 0.15) is 53.9 Å². The van der Waals surface area contributed by atoms with Gasteiger partial charge in [0, 0.05) is 13.2 Å². The largest absolute Gasteiger partial charge is 0.444 e. The summed E-state index contributed by atoms with van der Waals surface area (Å²) in [5, 5.41) is 0. The van der Waals surface area contributed by atoms with E-state index in [0.29, 0.717) is 12.5 Å². The maximum atomic E-state index is 12.5. The van der Waals surface area contributed by atoms with Crippen LogP contribution in [-0.2, 0) is 14.2 Å². The molecule has 5 heteroatoms. The van der Waals surface area contributed by atoms with Crippen molar-refractivity contribution in [2.24, 2.45) is 5.92 Å². The number of rotatable bonds is 2. The zero-order chi connectivity index (χ0) is 15.7. The lowest BCUT2D eigenvalue weighted by Crippen LogP contribution is -2.50. The molecule has 0 saturated carbocycles. The van der Waals surface area contributed by atoms with Gasteiger partial charge in [0.1, 0.15) is 11.3 Å². The maximum Gasteiger partial charge on any atom is 0.412 e. The van der Waals surface area contributed by atoms with Crippen LogP contribution < -0.4 is 0 Å². The summed E-state index contributed by atoms with van der Waals surface area (Å²) < 4.78 is 16.9. The number of carbonyl (C=O) groups excluding carboxylic acids is 1. The fourth-order valence-electron chi connectivity index (χ4n) is 3.12. The molecule has 2 saturated heterocycles. The summed E-state index contributed by atoms with van der Waals surface area (Å²) in [5.41, 5.74) is -1.10. The normalized spacial score (nSPS) is 29.5. The summed E-state index contributed by atoms with van der Waals surface area (Å²) >= 11 is 0. The molecule has 0 bridgehead atoms. The molecule has 2 fully saturated rings. The fourth-order valence-corrected chi connectivity index (χ4v) is 3.12. The Bertz CT molecular complexity index is 369. The van der Waals surface area contributed by atoms with E-state index >= 15 is 0 Å². The van der Waals surface area contributed by atoms with Crippen molar-refractivity contribution in [3.05, 3.63) is 0 Å². The molecule has 0 aliphatic carbocycles. The maximum absolute atomic E-state index is 12.5. The van der Waals surface area contributed by atoms with Crippen LogP contribution in [0.5, 0.6) is 0 Å². The van der Waals surface area contributed by atoms with Gasteiger partial charge in [-0.05, 0) is 59.8 Å². The number of amides is 1. The Labute approximate surface area is 127 Å². The van der Waals surface area contributed by atoms with Crippen LogP contribution in [0.2, 0.25) is 0 Å². The predicted octanol–water partition coefficient (Wildman–Crippen LogP) is 3.18. The Kier molecular flexibility index (Phi) is 4.83. The van der Waals surface area contributed by atoms with E-state index < -0.39 is 11.3 Å². The molecule has 122 valence electrons. The van der Waals surface area contributed by atoms with Crippen molar-refractivity contribution >= 4 is 6.09 Å². The first-order chi connectivity index (χ1) is 9.69. The lowest BCUT2D eigenvalue weighted by atomic mass is 9.94. The molecule has 5 nitrogen and oxygen atoms in total. The van der Waals surface area contributed by atoms with Crippen LogP contribution in [0.15, 0.2) is 0 Å². The van der Waals surface area contributed by atoms with Crippen molar-refractivity contribution in [2.75, 3.05) is 19.8 Å². The number of hydrogen-bond donors (Lipinski definition) is 0. The summed E-state index contributed by atoms with van der Waals surface area (Å²) in [4.78, 5) is 14.3. The van der Waals surface area contributed by atoms with E-state index in [1.54, 1.807) is 4.90 Å². The summed E-state index contributed by atoms with van der Waals surface area (Å²) in [5.74, 6) is 0.506. The molecule has 2 atom stereocenters. The second kappa shape index (κ2) is 6.13. The Hall–Kier alpha value is -0.810. The van der Waals surface area contributed by atoms with E-state index in [9.17, 15) is 4.79 Å². The van der Waals surface area contributed by atoms with Gasteiger partial charge in [0.15, 0.2) is 0 Å². The zero-order valence-electron chi connectivity index (χ0n) is 14.0. The van der Waals surface area contributed by atoms with E-state index in [2.05, 4.69) is 0 Å². The Morgan fingerprint density at radius 3 is 2.62 bits per heavy atom. The topological polar surface area (TPSA) is 48.0 Å². The highest BCUT2D eigenvalue weighted by atomic mass is 16.6. The highest BCUT2D eigenvalue weighted by Crippen LogP contribution is 2.33. The highest BCUT2D eigenvalue weighted by Gasteiger charge is 2.46. The number of hydrogen-bond acceptors (Lipinski definition) is 4. The van der Waals surface area contributed by atoms with Crippen LogP contribution in [0.4, 0.5) is 4.79 Å². The van der Waals surface area contributed by atoms with Gasteiger partial charge >= 0.3 is 6.09 Å². The first-order valence-electron chi connectivity index (χ1n) is 7.93. The Morgan fingerprint density at radius 2 is 2.05 bits per heavy atom. The average molecular weight is 299 g/mol. The summed E-state index contributed by atoms with van der Waals surface area (Å²) in [7, 11) is 0. The second-order valence-corrected chi connectivity index (χ2v) is 7.58. The van der Waals surface area contributed by atoms with Gasteiger partial charge in [-0.2, -0.15) is 0 Å². The van der Waals surface area contributed by atoms with Crippen molar-refractivity contribution in [2.45, 2.75) is 71.2 Å². The number of carbonyl (C=O) groups is 1. The molecule has 1 amide bonds. The molecule has 0 aromatic rings. The monoisotopic (exact) mass is 299 g/mol. The zero-order valence-corrected chi connectivity index (χ0v) is 14.0.